The molecule has 1 N–H and O–H groups in total. The van der Waals surface area contributed by atoms with Crippen molar-refractivity contribution in [1.82, 2.24) is 10.2 Å². The van der Waals surface area contributed by atoms with Gasteiger partial charge in [-0.05, 0) is 65.9 Å². The standard InChI is InChI=1S/C13H21BrN2S2/c1-16(9-11-8-13(14)18-10-11)6-7-17-12-2-4-15-5-3-12/h8,10,12,15H,2-7,9H2,1H3. The van der Waals surface area contributed by atoms with Crippen LogP contribution in [0.2, 0.25) is 0 Å². The van der Waals surface area contributed by atoms with E-state index in [0.29, 0.717) is 0 Å². The van der Waals surface area contributed by atoms with Gasteiger partial charge in [-0.3, -0.25) is 0 Å². The molecule has 0 aromatic carbocycles. The number of hydrogen-bond donors (Lipinski definition) is 1. The third kappa shape index (κ3) is 5.21. The maximum Gasteiger partial charge on any atom is 0.0701 e. The van der Waals surface area contributed by atoms with Crippen LogP contribution in [0.1, 0.15) is 18.4 Å². The van der Waals surface area contributed by atoms with Gasteiger partial charge in [0, 0.05) is 24.1 Å². The minimum absolute atomic E-state index is 0.884. The van der Waals surface area contributed by atoms with E-state index in [-0.39, 0.29) is 0 Å². The molecule has 1 aliphatic heterocycles. The highest BCUT2D eigenvalue weighted by molar-refractivity contribution is 9.11. The lowest BCUT2D eigenvalue weighted by molar-refractivity contribution is 0.349. The maximum atomic E-state index is 3.52. The molecule has 0 bridgehead atoms. The normalized spacial score (nSPS) is 17.5. The van der Waals surface area contributed by atoms with Crippen molar-refractivity contribution in [2.45, 2.75) is 24.6 Å². The Morgan fingerprint density at radius 2 is 2.28 bits per heavy atom. The molecule has 0 amide bonds. The average molecular weight is 349 g/mol. The van der Waals surface area contributed by atoms with Crippen molar-refractivity contribution in [3.05, 3.63) is 20.8 Å². The smallest absolute Gasteiger partial charge is 0.0701 e. The third-order valence-electron chi connectivity index (χ3n) is 3.19. The first-order valence-corrected chi connectivity index (χ1v) is 9.20. The van der Waals surface area contributed by atoms with Gasteiger partial charge in [0.2, 0.25) is 0 Å². The molecule has 0 radical (unpaired) electrons. The summed E-state index contributed by atoms with van der Waals surface area (Å²) in [5, 5.41) is 6.54. The SMILES string of the molecule is CN(CCSC1CCNCC1)Cc1csc(Br)c1. The van der Waals surface area contributed by atoms with Gasteiger partial charge >= 0.3 is 0 Å². The molecule has 0 saturated carbocycles. The van der Waals surface area contributed by atoms with E-state index < -0.39 is 0 Å². The molecule has 0 aliphatic carbocycles. The maximum absolute atomic E-state index is 3.52. The summed E-state index contributed by atoms with van der Waals surface area (Å²) in [7, 11) is 2.22. The Kier molecular flexibility index (Phi) is 6.52. The zero-order valence-corrected chi connectivity index (χ0v) is 14.0. The predicted molar refractivity (Wildman–Crippen MR) is 86.7 cm³/mol. The van der Waals surface area contributed by atoms with Gasteiger partial charge in [0.05, 0.1) is 3.79 Å². The van der Waals surface area contributed by atoms with Crippen LogP contribution in [0, 0.1) is 0 Å². The third-order valence-corrected chi connectivity index (χ3v) is 6.10. The monoisotopic (exact) mass is 348 g/mol. The van der Waals surface area contributed by atoms with Crippen LogP contribution >= 0.6 is 39.0 Å². The minimum Gasteiger partial charge on any atom is -0.317 e. The first-order valence-electron chi connectivity index (χ1n) is 6.48. The summed E-state index contributed by atoms with van der Waals surface area (Å²) in [6, 6.07) is 2.22. The van der Waals surface area contributed by atoms with Gasteiger partial charge in [0.1, 0.15) is 0 Å². The molecule has 2 nitrogen and oxygen atoms in total. The van der Waals surface area contributed by atoms with Crippen molar-refractivity contribution < 1.29 is 0 Å². The van der Waals surface area contributed by atoms with Crippen LogP contribution in [0.4, 0.5) is 0 Å². The summed E-state index contributed by atoms with van der Waals surface area (Å²) in [4.78, 5) is 2.42. The molecule has 0 unspecified atom stereocenters. The van der Waals surface area contributed by atoms with Crippen molar-refractivity contribution in [1.29, 1.82) is 0 Å². The van der Waals surface area contributed by atoms with Crippen LogP contribution in [-0.4, -0.2) is 42.6 Å². The number of thiophene rings is 1. The van der Waals surface area contributed by atoms with E-state index in [9.17, 15) is 0 Å². The van der Waals surface area contributed by atoms with Crippen LogP contribution in [-0.2, 0) is 6.54 Å². The van der Waals surface area contributed by atoms with Gasteiger partial charge < -0.3 is 10.2 Å². The quantitative estimate of drug-likeness (QED) is 0.847. The van der Waals surface area contributed by atoms with Crippen LogP contribution in [0.5, 0.6) is 0 Å². The molecule has 102 valence electrons. The van der Waals surface area contributed by atoms with Gasteiger partial charge in [0.25, 0.3) is 0 Å². The zero-order chi connectivity index (χ0) is 12.8. The second-order valence-corrected chi connectivity index (χ2v) is 8.52. The molecule has 1 saturated heterocycles. The van der Waals surface area contributed by atoms with Crippen molar-refractivity contribution in [3.63, 3.8) is 0 Å². The van der Waals surface area contributed by atoms with Gasteiger partial charge in [0.15, 0.2) is 0 Å². The Morgan fingerprint density at radius 1 is 1.50 bits per heavy atom. The molecular weight excluding hydrogens is 328 g/mol. The number of nitrogens with zero attached hydrogens (tertiary/aromatic N) is 1. The van der Waals surface area contributed by atoms with E-state index in [4.69, 9.17) is 0 Å². The van der Waals surface area contributed by atoms with E-state index in [1.54, 1.807) is 11.3 Å². The van der Waals surface area contributed by atoms with Gasteiger partial charge in [-0.15, -0.1) is 11.3 Å². The van der Waals surface area contributed by atoms with Gasteiger partial charge in [-0.2, -0.15) is 11.8 Å². The average Bonchev–Trinajstić information content (AvgIpc) is 2.76. The van der Waals surface area contributed by atoms with E-state index in [1.165, 1.54) is 47.6 Å². The van der Waals surface area contributed by atoms with E-state index in [1.807, 2.05) is 0 Å². The Bertz CT molecular complexity index is 351. The van der Waals surface area contributed by atoms with Crippen LogP contribution in [0.25, 0.3) is 0 Å². The number of piperidine rings is 1. The van der Waals surface area contributed by atoms with Crippen molar-refractivity contribution in [3.8, 4) is 0 Å². The highest BCUT2D eigenvalue weighted by atomic mass is 79.9. The summed E-state index contributed by atoms with van der Waals surface area (Å²) in [6.07, 6.45) is 2.68. The summed E-state index contributed by atoms with van der Waals surface area (Å²) in [5.74, 6) is 1.26. The number of hydrogen-bond acceptors (Lipinski definition) is 4. The first-order chi connectivity index (χ1) is 8.74. The Morgan fingerprint density at radius 3 is 2.94 bits per heavy atom. The molecule has 1 aromatic heterocycles. The van der Waals surface area contributed by atoms with Crippen molar-refractivity contribution in [2.75, 3.05) is 32.4 Å². The lowest BCUT2D eigenvalue weighted by Gasteiger charge is -2.23. The fraction of sp³-hybridized carbons (Fsp3) is 0.692. The summed E-state index contributed by atoms with van der Waals surface area (Å²) in [5.41, 5.74) is 1.42. The van der Waals surface area contributed by atoms with Gasteiger partial charge in [-0.1, -0.05) is 0 Å². The molecule has 5 heteroatoms. The second kappa shape index (κ2) is 7.90. The van der Waals surface area contributed by atoms with Crippen molar-refractivity contribution in [2.24, 2.45) is 0 Å². The number of nitrogens with one attached hydrogen (secondary N) is 1. The molecular formula is C13H21BrN2S2. The van der Waals surface area contributed by atoms with Crippen molar-refractivity contribution >= 4 is 39.0 Å². The molecule has 2 rings (SSSR count). The van der Waals surface area contributed by atoms with Crippen LogP contribution in [0.3, 0.4) is 0 Å². The highest BCUT2D eigenvalue weighted by Crippen LogP contribution is 2.22. The molecule has 1 fully saturated rings. The van der Waals surface area contributed by atoms with Crippen LogP contribution < -0.4 is 5.32 Å². The lowest BCUT2D eigenvalue weighted by Crippen LogP contribution is -2.30. The molecule has 2 heterocycles. The zero-order valence-electron chi connectivity index (χ0n) is 10.8. The predicted octanol–water partition coefficient (Wildman–Crippen LogP) is 3.43. The topological polar surface area (TPSA) is 15.3 Å². The summed E-state index contributed by atoms with van der Waals surface area (Å²) < 4.78 is 1.23. The summed E-state index contributed by atoms with van der Waals surface area (Å²) >= 11 is 7.44. The molecule has 1 aromatic rings. The highest BCUT2D eigenvalue weighted by Gasteiger charge is 2.13. The molecule has 0 spiro atoms. The number of halogens is 1. The molecule has 18 heavy (non-hydrogen) atoms. The van der Waals surface area contributed by atoms with E-state index >= 15 is 0 Å². The Labute approximate surface area is 127 Å². The molecule has 0 atom stereocenters. The van der Waals surface area contributed by atoms with Gasteiger partial charge in [-0.25, -0.2) is 0 Å². The largest absolute Gasteiger partial charge is 0.317 e. The van der Waals surface area contributed by atoms with E-state index in [0.717, 1.165) is 11.8 Å². The number of thioether (sulfide) groups is 1. The Hall–Kier alpha value is 0.450. The molecule has 1 aliphatic rings. The van der Waals surface area contributed by atoms with E-state index in [2.05, 4.69) is 56.4 Å². The minimum atomic E-state index is 0.884. The van der Waals surface area contributed by atoms with Crippen LogP contribution in [0.15, 0.2) is 15.2 Å². The fourth-order valence-electron chi connectivity index (χ4n) is 2.16. The number of rotatable bonds is 6. The Balaban J connectivity index is 1.60. The first kappa shape index (κ1) is 14.9. The summed E-state index contributed by atoms with van der Waals surface area (Å²) in [6.45, 7) is 4.66. The fourth-order valence-corrected chi connectivity index (χ4v) is 4.68. The second-order valence-electron chi connectivity index (χ2n) is 4.82. The lowest BCUT2D eigenvalue weighted by atomic mass is 10.2.